The third kappa shape index (κ3) is 3.48. The molecule has 2 saturated heterocycles. The first-order valence-corrected chi connectivity index (χ1v) is 10.4. The van der Waals surface area contributed by atoms with Crippen LogP contribution < -0.4 is 19.4 Å². The van der Waals surface area contributed by atoms with E-state index >= 15 is 0 Å². The van der Waals surface area contributed by atoms with Crippen LogP contribution in [0.3, 0.4) is 0 Å². The molecule has 2 amide bonds. The number of carbonyl (C=O) groups is 2. The van der Waals surface area contributed by atoms with E-state index in [4.69, 9.17) is 14.3 Å². The SMILES string of the molecule is COc1ccc([C@@H]2[C@@H]3C(=O)N(c4ccc(F)cc4)C(=O)[C@@H]3ON2c2ccc(OC)cc2)cc1. The van der Waals surface area contributed by atoms with E-state index in [1.165, 1.54) is 24.3 Å². The maximum Gasteiger partial charge on any atom is 0.266 e. The largest absolute Gasteiger partial charge is 0.497 e. The fourth-order valence-electron chi connectivity index (χ4n) is 4.35. The lowest BCUT2D eigenvalue weighted by molar-refractivity contribution is -0.126. The molecule has 2 aliphatic heterocycles. The molecule has 0 aliphatic carbocycles. The van der Waals surface area contributed by atoms with Crippen molar-refractivity contribution >= 4 is 23.2 Å². The van der Waals surface area contributed by atoms with Gasteiger partial charge in [0.05, 0.1) is 31.6 Å². The topological polar surface area (TPSA) is 68.3 Å². The molecule has 2 fully saturated rings. The smallest absolute Gasteiger partial charge is 0.266 e. The van der Waals surface area contributed by atoms with Crippen molar-refractivity contribution in [2.24, 2.45) is 5.92 Å². The third-order valence-electron chi connectivity index (χ3n) is 5.98. The third-order valence-corrected chi connectivity index (χ3v) is 5.98. The van der Waals surface area contributed by atoms with Gasteiger partial charge in [0.2, 0.25) is 5.91 Å². The Morgan fingerprint density at radius 3 is 1.88 bits per heavy atom. The molecule has 8 heteroatoms. The standard InChI is InChI=1S/C25H21FN2O5/c1-31-19-11-3-15(4-12-19)22-21-23(33-28(22)18-9-13-20(32-2)14-10-18)25(30)27(24(21)29)17-7-5-16(26)6-8-17/h3-14,21-23H,1-2H3/t21-,22+,23+/m0/s1. The van der Waals surface area contributed by atoms with Crippen LogP contribution >= 0.6 is 0 Å². The summed E-state index contributed by atoms with van der Waals surface area (Å²) in [6.45, 7) is 0. The Morgan fingerprint density at radius 1 is 0.758 bits per heavy atom. The predicted molar refractivity (Wildman–Crippen MR) is 118 cm³/mol. The van der Waals surface area contributed by atoms with E-state index in [-0.39, 0.29) is 0 Å². The van der Waals surface area contributed by atoms with Gasteiger partial charge in [-0.15, -0.1) is 0 Å². The lowest BCUT2D eigenvalue weighted by Gasteiger charge is -2.29. The van der Waals surface area contributed by atoms with Gasteiger partial charge in [0, 0.05) is 0 Å². The molecule has 0 unspecified atom stereocenters. The van der Waals surface area contributed by atoms with Crippen LogP contribution in [0.25, 0.3) is 0 Å². The second-order valence-electron chi connectivity index (χ2n) is 7.78. The number of methoxy groups -OCH3 is 2. The van der Waals surface area contributed by atoms with Crippen LogP contribution in [-0.4, -0.2) is 32.1 Å². The van der Waals surface area contributed by atoms with Crippen molar-refractivity contribution in [1.29, 1.82) is 0 Å². The minimum absolute atomic E-state index is 0.314. The average molecular weight is 448 g/mol. The van der Waals surface area contributed by atoms with E-state index in [1.807, 2.05) is 24.3 Å². The number of fused-ring (bicyclic) bond motifs is 1. The van der Waals surface area contributed by atoms with Gasteiger partial charge in [-0.2, -0.15) is 0 Å². The zero-order valence-corrected chi connectivity index (χ0v) is 18.0. The first kappa shape index (κ1) is 21.0. The van der Waals surface area contributed by atoms with Crippen LogP contribution in [0, 0.1) is 11.7 Å². The summed E-state index contributed by atoms with van der Waals surface area (Å²) in [5, 5.41) is 1.61. The molecule has 33 heavy (non-hydrogen) atoms. The van der Waals surface area contributed by atoms with Crippen LogP contribution in [0.1, 0.15) is 11.6 Å². The summed E-state index contributed by atoms with van der Waals surface area (Å²) in [4.78, 5) is 34.0. The number of imide groups is 1. The number of rotatable bonds is 5. The fourth-order valence-corrected chi connectivity index (χ4v) is 4.35. The number of ether oxygens (including phenoxy) is 2. The first-order valence-electron chi connectivity index (χ1n) is 10.4. The molecule has 5 rings (SSSR count). The number of hydroxylamine groups is 1. The number of anilines is 2. The van der Waals surface area contributed by atoms with E-state index in [9.17, 15) is 14.0 Å². The highest BCUT2D eigenvalue weighted by Gasteiger charge is 2.60. The summed E-state index contributed by atoms with van der Waals surface area (Å²) in [7, 11) is 3.15. The van der Waals surface area contributed by atoms with Crippen LogP contribution in [-0.2, 0) is 14.4 Å². The molecule has 3 aromatic rings. The molecule has 0 radical (unpaired) electrons. The highest BCUT2D eigenvalue weighted by Crippen LogP contribution is 2.47. The Hall–Kier alpha value is -3.91. The molecule has 0 N–H and O–H groups in total. The normalized spacial score (nSPS) is 22.0. The van der Waals surface area contributed by atoms with Crippen LogP contribution in [0.5, 0.6) is 11.5 Å². The van der Waals surface area contributed by atoms with Gasteiger partial charge in [-0.05, 0) is 66.2 Å². The zero-order valence-electron chi connectivity index (χ0n) is 18.0. The Balaban J connectivity index is 1.56. The van der Waals surface area contributed by atoms with Crippen LogP contribution in [0.15, 0.2) is 72.8 Å². The summed E-state index contributed by atoms with van der Waals surface area (Å²) >= 11 is 0. The van der Waals surface area contributed by atoms with Crippen molar-refractivity contribution in [2.45, 2.75) is 12.1 Å². The number of halogens is 1. The van der Waals surface area contributed by atoms with Crippen LogP contribution in [0.4, 0.5) is 15.8 Å². The summed E-state index contributed by atoms with van der Waals surface area (Å²) in [6, 6.07) is 19.2. The molecule has 3 atom stereocenters. The summed E-state index contributed by atoms with van der Waals surface area (Å²) in [5.41, 5.74) is 1.79. The van der Waals surface area contributed by atoms with Crippen molar-refractivity contribution in [3.05, 3.63) is 84.2 Å². The molecule has 168 valence electrons. The molecular weight excluding hydrogens is 427 g/mol. The maximum absolute atomic E-state index is 13.5. The van der Waals surface area contributed by atoms with Gasteiger partial charge < -0.3 is 9.47 Å². The molecule has 2 heterocycles. The van der Waals surface area contributed by atoms with E-state index < -0.39 is 35.7 Å². The Morgan fingerprint density at radius 2 is 1.30 bits per heavy atom. The van der Waals surface area contributed by atoms with Crippen molar-refractivity contribution in [2.75, 3.05) is 24.2 Å². The minimum atomic E-state index is -1.00. The molecule has 7 nitrogen and oxygen atoms in total. The van der Waals surface area contributed by atoms with Crippen LogP contribution in [0.2, 0.25) is 0 Å². The lowest BCUT2D eigenvalue weighted by atomic mass is 9.90. The van der Waals surface area contributed by atoms with Crippen molar-refractivity contribution in [1.82, 2.24) is 0 Å². The number of hydrogen-bond acceptors (Lipinski definition) is 6. The molecule has 0 bridgehead atoms. The average Bonchev–Trinajstić information content (AvgIpc) is 3.36. The molecule has 0 aromatic heterocycles. The van der Waals surface area contributed by atoms with Gasteiger partial charge >= 0.3 is 0 Å². The predicted octanol–water partition coefficient (Wildman–Crippen LogP) is 3.89. The fraction of sp³-hybridized carbons (Fsp3) is 0.200. The van der Waals surface area contributed by atoms with Gasteiger partial charge in [0.25, 0.3) is 5.91 Å². The number of hydrogen-bond donors (Lipinski definition) is 0. The number of carbonyl (C=O) groups excluding carboxylic acids is 2. The molecular formula is C25H21FN2O5. The monoisotopic (exact) mass is 448 g/mol. The van der Waals surface area contributed by atoms with Crippen molar-refractivity contribution < 1.29 is 28.3 Å². The Labute approximate surface area is 189 Å². The minimum Gasteiger partial charge on any atom is -0.497 e. The van der Waals surface area contributed by atoms with E-state index in [0.717, 1.165) is 10.5 Å². The Bertz CT molecular complexity index is 1180. The van der Waals surface area contributed by atoms with Crippen molar-refractivity contribution in [3.63, 3.8) is 0 Å². The number of benzene rings is 3. The number of nitrogens with zero attached hydrogens (tertiary/aromatic N) is 2. The first-order chi connectivity index (χ1) is 16.0. The van der Waals surface area contributed by atoms with Gasteiger partial charge in [-0.3, -0.25) is 14.4 Å². The molecule has 2 aliphatic rings. The second-order valence-corrected chi connectivity index (χ2v) is 7.78. The summed E-state index contributed by atoms with van der Waals surface area (Å²) in [5.74, 6) is -0.755. The zero-order chi connectivity index (χ0) is 23.1. The van der Waals surface area contributed by atoms with Gasteiger partial charge in [-0.1, -0.05) is 12.1 Å². The van der Waals surface area contributed by atoms with E-state index in [1.54, 1.807) is 43.5 Å². The Kier molecular flexibility index (Phi) is 5.22. The molecule has 3 aromatic carbocycles. The maximum atomic E-state index is 13.5. The van der Waals surface area contributed by atoms with Crippen molar-refractivity contribution in [3.8, 4) is 11.5 Å². The lowest BCUT2D eigenvalue weighted by Crippen LogP contribution is -2.37. The second kappa shape index (κ2) is 8.22. The van der Waals surface area contributed by atoms with E-state index in [2.05, 4.69) is 0 Å². The highest BCUT2D eigenvalue weighted by atomic mass is 19.1. The van der Waals surface area contributed by atoms with E-state index in [0.29, 0.717) is 22.9 Å². The summed E-state index contributed by atoms with van der Waals surface area (Å²) < 4.78 is 23.9. The summed E-state index contributed by atoms with van der Waals surface area (Å²) in [6.07, 6.45) is -1.00. The van der Waals surface area contributed by atoms with Gasteiger partial charge in [-0.25, -0.2) is 14.4 Å². The van der Waals surface area contributed by atoms with Gasteiger partial charge in [0.1, 0.15) is 23.2 Å². The quantitative estimate of drug-likeness (QED) is 0.552. The highest BCUT2D eigenvalue weighted by molar-refractivity contribution is 6.23. The number of amides is 2. The molecule has 0 spiro atoms. The molecule has 0 saturated carbocycles. The van der Waals surface area contributed by atoms with Gasteiger partial charge in [0.15, 0.2) is 6.10 Å².